The van der Waals surface area contributed by atoms with Crippen LogP contribution < -0.4 is 20.9 Å². The van der Waals surface area contributed by atoms with E-state index in [1.54, 1.807) is 14.0 Å². The molecule has 6 heteroatoms. The molecule has 0 amide bonds. The minimum Gasteiger partial charge on any atom is -0.496 e. The highest BCUT2D eigenvalue weighted by atomic mass is 16.5. The Balaban J connectivity index is 1.68. The molecule has 3 rings (SSSR count). The number of carbonyl (C=O) groups excluding carboxylic acids is 1. The van der Waals surface area contributed by atoms with Crippen molar-refractivity contribution in [2.75, 3.05) is 26.9 Å². The van der Waals surface area contributed by atoms with Crippen molar-refractivity contribution in [3.8, 4) is 11.5 Å². The zero-order valence-corrected chi connectivity index (χ0v) is 19.3. The number of methoxy groups -OCH3 is 1. The van der Waals surface area contributed by atoms with Crippen LogP contribution in [0, 0.1) is 6.92 Å². The van der Waals surface area contributed by atoms with Crippen LogP contribution >= 0.6 is 0 Å². The minimum atomic E-state index is -1.15. The summed E-state index contributed by atoms with van der Waals surface area (Å²) in [5, 5.41) is 0. The Morgan fingerprint density at radius 3 is 2.69 bits per heavy atom. The smallest absolute Gasteiger partial charge is 0.327 e. The van der Waals surface area contributed by atoms with Crippen LogP contribution in [0.5, 0.6) is 11.5 Å². The van der Waals surface area contributed by atoms with Gasteiger partial charge in [0, 0.05) is 24.1 Å². The summed E-state index contributed by atoms with van der Waals surface area (Å²) in [7, 11) is 1.72. The molecule has 32 heavy (non-hydrogen) atoms. The van der Waals surface area contributed by atoms with Gasteiger partial charge in [0.15, 0.2) is 0 Å². The third-order valence-electron chi connectivity index (χ3n) is 5.74. The van der Waals surface area contributed by atoms with E-state index in [-0.39, 0.29) is 13.2 Å². The Labute approximate surface area is 190 Å². The quantitative estimate of drug-likeness (QED) is 0.456. The van der Waals surface area contributed by atoms with Crippen LogP contribution in [-0.2, 0) is 16.0 Å². The number of nitrogens with two attached hydrogens (primary N) is 2. The third-order valence-corrected chi connectivity index (χ3v) is 5.74. The topological polar surface area (TPSA) is 96.8 Å². The number of hydrogen-bond donors (Lipinski definition) is 2. The van der Waals surface area contributed by atoms with Gasteiger partial charge in [0.2, 0.25) is 0 Å². The predicted octanol–water partition coefficient (Wildman–Crippen LogP) is 3.87. The molecule has 0 saturated carbocycles. The number of carbonyl (C=O) groups is 1. The molecule has 2 aromatic rings. The van der Waals surface area contributed by atoms with Gasteiger partial charge in [-0.3, -0.25) is 4.79 Å². The molecule has 6 nitrogen and oxygen atoms in total. The molecule has 172 valence electrons. The first-order valence-electron chi connectivity index (χ1n) is 11.1. The maximum absolute atomic E-state index is 11.9. The van der Waals surface area contributed by atoms with Crippen LogP contribution in [0.25, 0.3) is 11.6 Å². The molecule has 0 spiro atoms. The van der Waals surface area contributed by atoms with Gasteiger partial charge < -0.3 is 25.7 Å². The zero-order valence-electron chi connectivity index (χ0n) is 19.3. The van der Waals surface area contributed by atoms with E-state index in [4.69, 9.17) is 25.7 Å². The standard InChI is InChI=1S/C26H34N2O4/c1-18-11-12-22(24(15-18)30-3)20-7-4-9-21-19(16-20)8-5-10-23(21)31-13-6-14-32-25(29)26(2,28)17-27/h5,8,10-12,15-16H,4,6-7,9,13-14,17,27-28H2,1-3H3. The molecule has 1 unspecified atom stereocenters. The molecule has 1 aliphatic carbocycles. The Bertz CT molecular complexity index is 982. The highest BCUT2D eigenvalue weighted by Crippen LogP contribution is 2.37. The van der Waals surface area contributed by atoms with E-state index in [0.29, 0.717) is 13.0 Å². The van der Waals surface area contributed by atoms with Crippen LogP contribution in [0.1, 0.15) is 48.4 Å². The van der Waals surface area contributed by atoms with Crippen molar-refractivity contribution in [1.82, 2.24) is 0 Å². The molecule has 0 radical (unpaired) electrons. The molecule has 0 saturated heterocycles. The molecule has 0 heterocycles. The van der Waals surface area contributed by atoms with Crippen molar-refractivity contribution in [2.24, 2.45) is 11.5 Å². The summed E-state index contributed by atoms with van der Waals surface area (Å²) < 4.78 is 16.9. The van der Waals surface area contributed by atoms with Gasteiger partial charge in [-0.05, 0) is 61.9 Å². The Hall–Kier alpha value is -2.83. The summed E-state index contributed by atoms with van der Waals surface area (Å²) in [6.45, 7) is 4.38. The van der Waals surface area contributed by atoms with Crippen LogP contribution in [0.3, 0.4) is 0 Å². The first kappa shape index (κ1) is 23.8. The maximum Gasteiger partial charge on any atom is 0.327 e. The van der Waals surface area contributed by atoms with Crippen molar-refractivity contribution in [3.63, 3.8) is 0 Å². The van der Waals surface area contributed by atoms with Gasteiger partial charge >= 0.3 is 5.97 Å². The molecule has 0 aliphatic heterocycles. The molecule has 2 aromatic carbocycles. The number of benzene rings is 2. The highest BCUT2D eigenvalue weighted by Gasteiger charge is 2.28. The lowest BCUT2D eigenvalue weighted by Gasteiger charge is -2.20. The molecular formula is C26H34N2O4. The van der Waals surface area contributed by atoms with E-state index in [0.717, 1.165) is 36.3 Å². The van der Waals surface area contributed by atoms with Crippen LogP contribution in [0.2, 0.25) is 0 Å². The summed E-state index contributed by atoms with van der Waals surface area (Å²) in [5.74, 6) is 1.30. The van der Waals surface area contributed by atoms with Gasteiger partial charge in [0.25, 0.3) is 0 Å². The second-order valence-corrected chi connectivity index (χ2v) is 8.51. The minimum absolute atomic E-state index is 0.0441. The van der Waals surface area contributed by atoms with Gasteiger partial charge in [-0.25, -0.2) is 0 Å². The normalized spacial score (nSPS) is 15.1. The Kier molecular flexibility index (Phi) is 7.94. The van der Waals surface area contributed by atoms with E-state index in [9.17, 15) is 4.79 Å². The zero-order chi connectivity index (χ0) is 23.1. The maximum atomic E-state index is 11.9. The number of esters is 1. The number of allylic oxidation sites excluding steroid dienone is 1. The Morgan fingerprint density at radius 1 is 1.12 bits per heavy atom. The van der Waals surface area contributed by atoms with Crippen LogP contribution in [-0.4, -0.2) is 38.4 Å². The number of fused-ring (bicyclic) bond motifs is 1. The van der Waals surface area contributed by atoms with Gasteiger partial charge in [0.05, 0.1) is 20.3 Å². The van der Waals surface area contributed by atoms with Crippen molar-refractivity contribution in [1.29, 1.82) is 0 Å². The molecule has 1 aliphatic rings. The summed E-state index contributed by atoms with van der Waals surface area (Å²) in [5.41, 5.74) is 16.1. The van der Waals surface area contributed by atoms with Crippen LogP contribution in [0.15, 0.2) is 36.4 Å². The number of rotatable bonds is 9. The fraction of sp³-hybridized carbons (Fsp3) is 0.423. The highest BCUT2D eigenvalue weighted by molar-refractivity contribution is 5.86. The summed E-state index contributed by atoms with van der Waals surface area (Å²) >= 11 is 0. The molecule has 1 atom stereocenters. The molecule has 0 aromatic heterocycles. The lowest BCUT2D eigenvalue weighted by Crippen LogP contribution is -2.52. The van der Waals surface area contributed by atoms with Crippen molar-refractivity contribution >= 4 is 17.6 Å². The summed E-state index contributed by atoms with van der Waals surface area (Å²) in [6.07, 6.45) is 5.78. The van der Waals surface area contributed by atoms with E-state index in [1.165, 1.54) is 22.3 Å². The fourth-order valence-electron chi connectivity index (χ4n) is 3.77. The molecular weight excluding hydrogens is 404 g/mol. The van der Waals surface area contributed by atoms with Gasteiger partial charge in [-0.15, -0.1) is 0 Å². The van der Waals surface area contributed by atoms with Gasteiger partial charge in [-0.1, -0.05) is 30.3 Å². The molecule has 0 fully saturated rings. The second kappa shape index (κ2) is 10.7. The van der Waals surface area contributed by atoms with Crippen molar-refractivity contribution in [2.45, 2.75) is 45.1 Å². The van der Waals surface area contributed by atoms with Gasteiger partial charge in [-0.2, -0.15) is 0 Å². The fourth-order valence-corrected chi connectivity index (χ4v) is 3.77. The van der Waals surface area contributed by atoms with Crippen LogP contribution in [0.4, 0.5) is 0 Å². The number of ether oxygens (including phenoxy) is 3. The summed E-state index contributed by atoms with van der Waals surface area (Å²) in [4.78, 5) is 11.9. The Morgan fingerprint density at radius 2 is 1.94 bits per heavy atom. The largest absolute Gasteiger partial charge is 0.496 e. The number of aryl methyl sites for hydroxylation is 1. The first-order valence-corrected chi connectivity index (χ1v) is 11.1. The SMILES string of the molecule is COc1cc(C)ccc1C1=Cc2cccc(OCCCOC(=O)C(C)(N)CN)c2CCC1. The lowest BCUT2D eigenvalue weighted by molar-refractivity contribution is -0.149. The average molecular weight is 439 g/mol. The van der Waals surface area contributed by atoms with E-state index >= 15 is 0 Å². The molecule has 4 N–H and O–H groups in total. The number of hydrogen-bond acceptors (Lipinski definition) is 6. The van der Waals surface area contributed by atoms with E-state index in [2.05, 4.69) is 37.3 Å². The molecule has 0 bridgehead atoms. The van der Waals surface area contributed by atoms with Gasteiger partial charge in [0.1, 0.15) is 17.0 Å². The van der Waals surface area contributed by atoms with Crippen molar-refractivity contribution in [3.05, 3.63) is 58.7 Å². The van der Waals surface area contributed by atoms with Crippen molar-refractivity contribution < 1.29 is 19.0 Å². The monoisotopic (exact) mass is 438 g/mol. The van der Waals surface area contributed by atoms with E-state index < -0.39 is 11.5 Å². The third kappa shape index (κ3) is 5.69. The summed E-state index contributed by atoms with van der Waals surface area (Å²) in [6, 6.07) is 12.5. The average Bonchev–Trinajstić information content (AvgIpc) is 3.01. The first-order chi connectivity index (χ1) is 15.4. The predicted molar refractivity (Wildman–Crippen MR) is 128 cm³/mol. The second-order valence-electron chi connectivity index (χ2n) is 8.51. The lowest BCUT2D eigenvalue weighted by atomic mass is 9.98. The van der Waals surface area contributed by atoms with E-state index in [1.807, 2.05) is 12.1 Å².